The first-order valence-electron chi connectivity index (χ1n) is 15.3. The molecule has 1 saturated heterocycles. The van der Waals surface area contributed by atoms with Gasteiger partial charge in [-0.2, -0.15) is 0 Å². The number of carbonyl (C=O) groups is 2. The van der Waals surface area contributed by atoms with Gasteiger partial charge in [0.1, 0.15) is 0 Å². The molecular weight excluding hydrogens is 560 g/mol. The fraction of sp³-hybridized carbons (Fsp3) is 0.429. The molecule has 4 rings (SSSR count). The number of likely N-dealkylation sites (N-methyl/N-ethyl adjacent to an activating group) is 1. The van der Waals surface area contributed by atoms with Gasteiger partial charge in [0.25, 0.3) is 0 Å². The van der Waals surface area contributed by atoms with E-state index in [1.54, 1.807) is 0 Å². The highest BCUT2D eigenvalue weighted by atomic mass is 16.7. The number of nitrogens with one attached hydrogen (secondary N) is 1. The highest BCUT2D eigenvalue weighted by Crippen LogP contribution is 2.38. The molecule has 1 heterocycles. The number of unbranched alkanes of at least 4 members (excludes halogenated alkanes) is 2. The summed E-state index contributed by atoms with van der Waals surface area (Å²) in [5.41, 5.74) is 4.17. The maximum absolute atomic E-state index is 12.4. The number of rotatable bonds is 15. The lowest BCUT2D eigenvalue weighted by Crippen LogP contribution is -2.43. The van der Waals surface area contributed by atoms with Crippen molar-refractivity contribution >= 4 is 17.6 Å². The van der Waals surface area contributed by atoms with Crippen molar-refractivity contribution in [2.75, 3.05) is 18.9 Å². The number of amides is 1. The molecule has 0 radical (unpaired) electrons. The lowest BCUT2D eigenvalue weighted by molar-refractivity contribution is -0.253. The van der Waals surface area contributed by atoms with Crippen LogP contribution in [0.3, 0.4) is 0 Å². The summed E-state index contributed by atoms with van der Waals surface area (Å²) in [4.78, 5) is 25.1. The van der Waals surface area contributed by atoms with Crippen molar-refractivity contribution in [3.05, 3.63) is 101 Å². The smallest absolute Gasteiger partial charge is 0.303 e. The average molecular weight is 605 g/mol. The van der Waals surface area contributed by atoms with Crippen LogP contribution in [0, 0.1) is 0 Å². The van der Waals surface area contributed by atoms with Crippen LogP contribution >= 0.6 is 0 Å². The van der Waals surface area contributed by atoms with Crippen LogP contribution < -0.4 is 5.32 Å². The lowest BCUT2D eigenvalue weighted by atomic mass is 9.98. The monoisotopic (exact) mass is 604 g/mol. The summed E-state index contributed by atoms with van der Waals surface area (Å²) in [5.74, 6) is -0.930. The zero-order valence-corrected chi connectivity index (χ0v) is 25.5. The lowest BCUT2D eigenvalue weighted by Gasteiger charge is -2.39. The van der Waals surface area contributed by atoms with Gasteiger partial charge >= 0.3 is 5.97 Å². The topological polar surface area (TPSA) is 129 Å². The predicted octanol–water partition coefficient (Wildman–Crippen LogP) is 5.75. The Balaban J connectivity index is 1.42. The Morgan fingerprint density at radius 3 is 2.23 bits per heavy atom. The molecule has 5 atom stereocenters. The van der Waals surface area contributed by atoms with Gasteiger partial charge in [-0.15, -0.1) is 0 Å². The van der Waals surface area contributed by atoms with Gasteiger partial charge in [0.15, 0.2) is 6.29 Å². The molecule has 0 spiro atoms. The number of anilines is 1. The molecule has 44 heavy (non-hydrogen) atoms. The van der Waals surface area contributed by atoms with Gasteiger partial charge in [0, 0.05) is 43.1 Å². The fourth-order valence-corrected chi connectivity index (χ4v) is 5.38. The normalized spacial score (nSPS) is 19.8. The first kappa shape index (κ1) is 33.3. The molecule has 9 heteroatoms. The second kappa shape index (κ2) is 16.5. The number of benzene rings is 3. The van der Waals surface area contributed by atoms with Crippen molar-refractivity contribution in [2.45, 2.75) is 82.7 Å². The Morgan fingerprint density at radius 2 is 1.57 bits per heavy atom. The summed E-state index contributed by atoms with van der Waals surface area (Å²) in [6, 6.07) is 24.6. The first-order valence-corrected chi connectivity index (χ1v) is 15.3. The number of carboxylic acid groups (broad SMARTS) is 1. The van der Waals surface area contributed by atoms with Crippen LogP contribution in [-0.2, 0) is 25.7 Å². The maximum Gasteiger partial charge on any atom is 0.303 e. The van der Waals surface area contributed by atoms with E-state index in [1.807, 2.05) is 92.8 Å². The average Bonchev–Trinajstić information content (AvgIpc) is 3.04. The van der Waals surface area contributed by atoms with Gasteiger partial charge in [-0.05, 0) is 55.6 Å². The number of aliphatic hydroxyl groups excluding tert-OH is 2. The van der Waals surface area contributed by atoms with E-state index in [-0.39, 0.29) is 37.2 Å². The molecule has 4 N–H and O–H groups in total. The van der Waals surface area contributed by atoms with E-state index < -0.39 is 18.4 Å². The summed E-state index contributed by atoms with van der Waals surface area (Å²) in [5, 5.41) is 32.1. The minimum atomic E-state index is -0.818. The number of hydrogen-bond donors (Lipinski definition) is 4. The molecule has 3 aromatic rings. The molecule has 9 nitrogen and oxygen atoms in total. The molecule has 236 valence electrons. The van der Waals surface area contributed by atoms with E-state index in [1.165, 1.54) is 0 Å². The number of carbonyl (C=O) groups excluding carboxylic acids is 1. The summed E-state index contributed by atoms with van der Waals surface area (Å²) >= 11 is 0. The summed E-state index contributed by atoms with van der Waals surface area (Å²) in [7, 11) is 1.99. The molecule has 0 saturated carbocycles. The van der Waals surface area contributed by atoms with Crippen molar-refractivity contribution in [1.82, 2.24) is 4.90 Å². The first-order chi connectivity index (χ1) is 21.2. The Labute approximate surface area is 259 Å². The number of carboxylic acids is 1. The fourth-order valence-electron chi connectivity index (χ4n) is 5.38. The van der Waals surface area contributed by atoms with E-state index in [9.17, 15) is 19.8 Å². The Morgan fingerprint density at radius 1 is 0.909 bits per heavy atom. The third kappa shape index (κ3) is 9.70. The van der Waals surface area contributed by atoms with Gasteiger partial charge in [-0.1, -0.05) is 73.2 Å². The third-order valence-electron chi connectivity index (χ3n) is 8.16. The second-order valence-corrected chi connectivity index (χ2v) is 11.5. The number of nitrogens with zero attached hydrogens (tertiary/aromatic N) is 1. The highest BCUT2D eigenvalue weighted by Gasteiger charge is 2.34. The molecule has 0 aromatic heterocycles. The summed E-state index contributed by atoms with van der Waals surface area (Å²) in [6.07, 6.45) is 1.25. The van der Waals surface area contributed by atoms with E-state index >= 15 is 0 Å². The highest BCUT2D eigenvalue weighted by molar-refractivity contribution is 5.90. The minimum absolute atomic E-state index is 0.0276. The Kier molecular flexibility index (Phi) is 12.5. The molecular formula is C35H44N2O7. The Hall–Kier alpha value is -3.60. The van der Waals surface area contributed by atoms with Gasteiger partial charge in [-0.25, -0.2) is 0 Å². The predicted molar refractivity (Wildman–Crippen MR) is 168 cm³/mol. The van der Waals surface area contributed by atoms with Gasteiger partial charge in [-0.3, -0.25) is 14.5 Å². The van der Waals surface area contributed by atoms with Crippen molar-refractivity contribution in [1.29, 1.82) is 0 Å². The molecule has 0 bridgehead atoms. The Bertz CT molecular complexity index is 1320. The summed E-state index contributed by atoms with van der Waals surface area (Å²) in [6.45, 7) is 2.56. The SMILES string of the molecule is C[C@H]([C@@H](O)c1ccccc1)N(C)C[C@H]1C[C@@H](c2ccc(CO)cc2)O[C@@H](c2ccc(NC(=O)CCCCCC(=O)O)cc2)O1. The number of aliphatic hydroxyl groups is 2. The maximum atomic E-state index is 12.4. The minimum Gasteiger partial charge on any atom is -0.481 e. The van der Waals surface area contributed by atoms with Crippen LogP contribution in [-0.4, -0.2) is 57.8 Å². The molecule has 1 amide bonds. The quantitative estimate of drug-likeness (QED) is 0.162. The molecule has 1 aliphatic heterocycles. The van der Waals surface area contributed by atoms with Crippen molar-refractivity contribution < 1.29 is 34.4 Å². The van der Waals surface area contributed by atoms with Crippen molar-refractivity contribution in [2.24, 2.45) is 0 Å². The van der Waals surface area contributed by atoms with Gasteiger partial charge < -0.3 is 30.1 Å². The number of hydrogen-bond acceptors (Lipinski definition) is 7. The standard InChI is InChI=1S/C35H44N2O7/c1-24(34(42)27-9-5-3-6-10-27)37(2)22-30-21-31(26-15-13-25(23-38)14-16-26)44-35(43-30)28-17-19-29(20-18-28)36-32(39)11-7-4-8-12-33(40)41/h3,5-6,9-10,13-20,24,30-31,34-35,38,42H,4,7-8,11-12,21-23H2,1-2H3,(H,36,39)(H,40,41)/t24-,30-,31+,34-,35+/m1/s1. The van der Waals surface area contributed by atoms with E-state index in [4.69, 9.17) is 14.6 Å². The molecule has 1 aliphatic rings. The van der Waals surface area contributed by atoms with Crippen molar-refractivity contribution in [3.8, 4) is 0 Å². The molecule has 0 unspecified atom stereocenters. The van der Waals surface area contributed by atoms with Crippen LogP contribution in [0.25, 0.3) is 0 Å². The van der Waals surface area contributed by atoms with Crippen LogP contribution in [0.2, 0.25) is 0 Å². The largest absolute Gasteiger partial charge is 0.481 e. The van der Waals surface area contributed by atoms with E-state index in [0.717, 1.165) is 22.3 Å². The third-order valence-corrected chi connectivity index (χ3v) is 8.16. The van der Waals surface area contributed by atoms with Gasteiger partial charge in [0.2, 0.25) is 5.91 Å². The van der Waals surface area contributed by atoms with E-state index in [2.05, 4.69) is 10.2 Å². The van der Waals surface area contributed by atoms with Gasteiger partial charge in [0.05, 0.1) is 24.9 Å². The second-order valence-electron chi connectivity index (χ2n) is 11.5. The number of aliphatic carboxylic acids is 1. The zero-order valence-electron chi connectivity index (χ0n) is 25.5. The molecule has 3 aromatic carbocycles. The van der Waals surface area contributed by atoms with Crippen LogP contribution in [0.4, 0.5) is 5.69 Å². The van der Waals surface area contributed by atoms with Crippen LogP contribution in [0.5, 0.6) is 0 Å². The molecule has 0 aliphatic carbocycles. The van der Waals surface area contributed by atoms with E-state index in [0.29, 0.717) is 44.3 Å². The van der Waals surface area contributed by atoms with Crippen molar-refractivity contribution in [3.63, 3.8) is 0 Å². The van der Waals surface area contributed by atoms with Crippen LogP contribution in [0.1, 0.15) is 86.2 Å². The van der Waals surface area contributed by atoms with Crippen LogP contribution in [0.15, 0.2) is 78.9 Å². The zero-order chi connectivity index (χ0) is 31.5. The summed E-state index contributed by atoms with van der Waals surface area (Å²) < 4.78 is 12.9. The molecule has 1 fully saturated rings. The number of ether oxygens (including phenoxy) is 2.